The van der Waals surface area contributed by atoms with Gasteiger partial charge in [-0.05, 0) is 24.0 Å². The van der Waals surface area contributed by atoms with Gasteiger partial charge < -0.3 is 15.4 Å². The van der Waals surface area contributed by atoms with Crippen molar-refractivity contribution in [1.29, 1.82) is 0 Å². The van der Waals surface area contributed by atoms with E-state index in [9.17, 15) is 0 Å². The summed E-state index contributed by atoms with van der Waals surface area (Å²) in [6.07, 6.45) is 2.09. The first-order valence-electron chi connectivity index (χ1n) is 5.86. The van der Waals surface area contributed by atoms with E-state index >= 15 is 0 Å². The van der Waals surface area contributed by atoms with Crippen LogP contribution in [0, 0.1) is 0 Å². The first kappa shape index (κ1) is 18.4. The third kappa shape index (κ3) is 7.51. The molecule has 0 aliphatic heterocycles. The first-order chi connectivity index (χ1) is 8.80. The third-order valence-corrected chi connectivity index (χ3v) is 3.03. The summed E-state index contributed by atoms with van der Waals surface area (Å²) in [7, 11) is 3.45. The SMILES string of the molecule is CN=C(NCCSC)NCc1cccc(OC)c1.I. The number of ether oxygens (including phenoxy) is 1. The molecule has 0 unspecified atom stereocenters. The van der Waals surface area contributed by atoms with Crippen LogP contribution in [0.3, 0.4) is 0 Å². The van der Waals surface area contributed by atoms with Gasteiger partial charge in [-0.15, -0.1) is 24.0 Å². The van der Waals surface area contributed by atoms with Crippen molar-refractivity contribution in [3.8, 4) is 5.75 Å². The second kappa shape index (κ2) is 11.2. The molecule has 0 bridgehead atoms. The molecular formula is C13H22IN3OS. The minimum atomic E-state index is 0. The van der Waals surface area contributed by atoms with Gasteiger partial charge >= 0.3 is 0 Å². The molecule has 2 N–H and O–H groups in total. The minimum Gasteiger partial charge on any atom is -0.497 e. The van der Waals surface area contributed by atoms with Crippen molar-refractivity contribution in [2.75, 3.05) is 32.7 Å². The molecular weight excluding hydrogens is 373 g/mol. The molecule has 0 aliphatic carbocycles. The molecule has 6 heteroatoms. The Balaban J connectivity index is 0.00000324. The Morgan fingerprint density at radius 2 is 2.16 bits per heavy atom. The van der Waals surface area contributed by atoms with Gasteiger partial charge in [-0.1, -0.05) is 12.1 Å². The summed E-state index contributed by atoms with van der Waals surface area (Å²) in [4.78, 5) is 4.17. The van der Waals surface area contributed by atoms with Crippen molar-refractivity contribution >= 4 is 41.7 Å². The summed E-state index contributed by atoms with van der Waals surface area (Å²) in [5.41, 5.74) is 1.17. The molecule has 0 aromatic heterocycles. The first-order valence-corrected chi connectivity index (χ1v) is 7.26. The van der Waals surface area contributed by atoms with Crippen LogP contribution in [0.4, 0.5) is 0 Å². The fourth-order valence-electron chi connectivity index (χ4n) is 1.46. The van der Waals surface area contributed by atoms with Gasteiger partial charge in [0.15, 0.2) is 5.96 Å². The molecule has 0 aliphatic rings. The summed E-state index contributed by atoms with van der Waals surface area (Å²) in [6, 6.07) is 8.00. The zero-order chi connectivity index (χ0) is 13.2. The van der Waals surface area contributed by atoms with Gasteiger partial charge in [-0.3, -0.25) is 4.99 Å². The Morgan fingerprint density at radius 1 is 1.37 bits per heavy atom. The van der Waals surface area contributed by atoms with Gasteiger partial charge in [0.1, 0.15) is 5.75 Å². The van der Waals surface area contributed by atoms with E-state index < -0.39 is 0 Å². The average molecular weight is 395 g/mol. The van der Waals surface area contributed by atoms with Gasteiger partial charge in [0.25, 0.3) is 0 Å². The summed E-state index contributed by atoms with van der Waals surface area (Å²) in [5.74, 6) is 2.77. The van der Waals surface area contributed by atoms with Gasteiger partial charge in [-0.2, -0.15) is 11.8 Å². The van der Waals surface area contributed by atoms with E-state index in [-0.39, 0.29) is 24.0 Å². The topological polar surface area (TPSA) is 45.7 Å². The predicted molar refractivity (Wildman–Crippen MR) is 95.0 cm³/mol. The van der Waals surface area contributed by atoms with E-state index in [4.69, 9.17) is 4.74 Å². The lowest BCUT2D eigenvalue weighted by atomic mass is 10.2. The molecule has 1 aromatic carbocycles. The maximum absolute atomic E-state index is 5.19. The lowest BCUT2D eigenvalue weighted by Crippen LogP contribution is -2.37. The summed E-state index contributed by atoms with van der Waals surface area (Å²) < 4.78 is 5.19. The van der Waals surface area contributed by atoms with Crippen molar-refractivity contribution < 1.29 is 4.74 Å². The number of nitrogens with zero attached hydrogens (tertiary/aromatic N) is 1. The highest BCUT2D eigenvalue weighted by molar-refractivity contribution is 14.0. The number of hydrogen-bond donors (Lipinski definition) is 2. The van der Waals surface area contributed by atoms with Crippen molar-refractivity contribution in [3.05, 3.63) is 29.8 Å². The molecule has 0 saturated heterocycles. The van der Waals surface area contributed by atoms with Crippen LogP contribution >= 0.6 is 35.7 Å². The Bertz CT molecular complexity index is 388. The molecule has 1 rings (SSSR count). The highest BCUT2D eigenvalue weighted by Crippen LogP contribution is 2.11. The largest absolute Gasteiger partial charge is 0.497 e. The van der Waals surface area contributed by atoms with Crippen LogP contribution in [0.15, 0.2) is 29.3 Å². The fraction of sp³-hybridized carbons (Fsp3) is 0.462. The van der Waals surface area contributed by atoms with Gasteiger partial charge in [-0.25, -0.2) is 0 Å². The van der Waals surface area contributed by atoms with Crippen LogP contribution < -0.4 is 15.4 Å². The summed E-state index contributed by atoms with van der Waals surface area (Å²) >= 11 is 1.81. The molecule has 0 radical (unpaired) electrons. The van der Waals surface area contributed by atoms with E-state index in [0.29, 0.717) is 0 Å². The van der Waals surface area contributed by atoms with E-state index in [0.717, 1.165) is 30.6 Å². The third-order valence-electron chi connectivity index (χ3n) is 2.42. The maximum atomic E-state index is 5.19. The Morgan fingerprint density at radius 3 is 2.79 bits per heavy atom. The second-order valence-corrected chi connectivity index (χ2v) is 4.68. The Labute approximate surface area is 136 Å². The maximum Gasteiger partial charge on any atom is 0.191 e. The Hall–Kier alpha value is -0.630. The van der Waals surface area contributed by atoms with E-state index in [1.54, 1.807) is 14.2 Å². The molecule has 108 valence electrons. The monoisotopic (exact) mass is 395 g/mol. The van der Waals surface area contributed by atoms with Crippen LogP contribution in [-0.4, -0.2) is 38.7 Å². The number of guanidine groups is 1. The smallest absolute Gasteiger partial charge is 0.191 e. The summed E-state index contributed by atoms with van der Waals surface area (Å²) in [6.45, 7) is 1.65. The minimum absolute atomic E-state index is 0. The highest BCUT2D eigenvalue weighted by atomic mass is 127. The number of rotatable bonds is 6. The van der Waals surface area contributed by atoms with Crippen molar-refractivity contribution in [2.24, 2.45) is 4.99 Å². The van der Waals surface area contributed by atoms with E-state index in [2.05, 4.69) is 27.9 Å². The summed E-state index contributed by atoms with van der Waals surface area (Å²) in [5, 5.41) is 6.53. The van der Waals surface area contributed by atoms with Gasteiger partial charge in [0, 0.05) is 25.9 Å². The number of aliphatic imine (C=N–C) groups is 1. The average Bonchev–Trinajstić information content (AvgIpc) is 2.43. The highest BCUT2D eigenvalue weighted by Gasteiger charge is 1.99. The Kier molecular flexibility index (Phi) is 10.8. The van der Waals surface area contributed by atoms with Crippen molar-refractivity contribution in [1.82, 2.24) is 10.6 Å². The number of hydrogen-bond acceptors (Lipinski definition) is 3. The van der Waals surface area contributed by atoms with Crippen LogP contribution in [-0.2, 0) is 6.54 Å². The number of nitrogens with one attached hydrogen (secondary N) is 2. The number of benzene rings is 1. The normalized spacial score (nSPS) is 10.6. The quantitative estimate of drug-likeness (QED) is 0.336. The zero-order valence-corrected chi connectivity index (χ0v) is 14.7. The van der Waals surface area contributed by atoms with E-state index in [1.165, 1.54) is 5.56 Å². The molecule has 19 heavy (non-hydrogen) atoms. The van der Waals surface area contributed by atoms with Gasteiger partial charge in [0.2, 0.25) is 0 Å². The lowest BCUT2D eigenvalue weighted by Gasteiger charge is -2.11. The molecule has 0 heterocycles. The van der Waals surface area contributed by atoms with Crippen LogP contribution in [0.25, 0.3) is 0 Å². The van der Waals surface area contributed by atoms with Crippen LogP contribution in [0.5, 0.6) is 5.75 Å². The number of thioether (sulfide) groups is 1. The molecule has 4 nitrogen and oxygen atoms in total. The molecule has 1 aromatic rings. The van der Waals surface area contributed by atoms with Gasteiger partial charge in [0.05, 0.1) is 7.11 Å². The van der Waals surface area contributed by atoms with Crippen molar-refractivity contribution in [2.45, 2.75) is 6.54 Å². The molecule has 0 fully saturated rings. The number of halogens is 1. The predicted octanol–water partition coefficient (Wildman–Crippen LogP) is 2.34. The van der Waals surface area contributed by atoms with Crippen molar-refractivity contribution in [3.63, 3.8) is 0 Å². The zero-order valence-electron chi connectivity index (χ0n) is 11.6. The second-order valence-electron chi connectivity index (χ2n) is 3.70. The molecule has 0 atom stereocenters. The van der Waals surface area contributed by atoms with Crippen LogP contribution in [0.2, 0.25) is 0 Å². The van der Waals surface area contributed by atoms with E-state index in [1.807, 2.05) is 30.0 Å². The lowest BCUT2D eigenvalue weighted by molar-refractivity contribution is 0.414. The molecule has 0 amide bonds. The number of methoxy groups -OCH3 is 1. The fourth-order valence-corrected chi connectivity index (χ4v) is 1.77. The molecule has 0 saturated carbocycles. The standard InChI is InChI=1S/C13H21N3OS.HI/c1-14-13(15-7-8-18-3)16-10-11-5-4-6-12(9-11)17-2;/h4-6,9H,7-8,10H2,1-3H3,(H2,14,15,16);1H. The van der Waals surface area contributed by atoms with Crippen LogP contribution in [0.1, 0.15) is 5.56 Å². The molecule has 0 spiro atoms.